The summed E-state index contributed by atoms with van der Waals surface area (Å²) < 4.78 is 25.1. The fraction of sp³-hybridized carbons (Fsp3) is 0.294. The third-order valence-electron chi connectivity index (χ3n) is 4.52. The number of fused-ring (bicyclic) bond motifs is 1. The molecule has 3 aromatic rings. The SMILES string of the molecule is O=C(N[C@@H]1CS(=O)(=O)C[C@H]1O)c1cc(Cn2ccc3ccccc32)[nH]n1. The highest BCUT2D eigenvalue weighted by molar-refractivity contribution is 7.91. The summed E-state index contributed by atoms with van der Waals surface area (Å²) in [5, 5.41) is 20.3. The number of carbonyl (C=O) groups is 1. The van der Waals surface area contributed by atoms with Gasteiger partial charge in [-0.15, -0.1) is 0 Å². The molecule has 3 heterocycles. The van der Waals surface area contributed by atoms with Crippen LogP contribution in [0.4, 0.5) is 0 Å². The Morgan fingerprint density at radius 2 is 2.12 bits per heavy atom. The molecule has 2 aromatic heterocycles. The van der Waals surface area contributed by atoms with E-state index < -0.39 is 27.9 Å². The average molecular weight is 374 g/mol. The monoisotopic (exact) mass is 374 g/mol. The largest absolute Gasteiger partial charge is 0.390 e. The van der Waals surface area contributed by atoms with Crippen molar-refractivity contribution < 1.29 is 18.3 Å². The second-order valence-corrected chi connectivity index (χ2v) is 8.66. The molecule has 1 aromatic carbocycles. The van der Waals surface area contributed by atoms with Gasteiger partial charge in [0.25, 0.3) is 5.91 Å². The minimum Gasteiger partial charge on any atom is -0.390 e. The van der Waals surface area contributed by atoms with E-state index in [-0.39, 0.29) is 17.2 Å². The third kappa shape index (κ3) is 3.23. The molecule has 0 bridgehead atoms. The molecule has 1 amide bonds. The highest BCUT2D eigenvalue weighted by Gasteiger charge is 2.37. The summed E-state index contributed by atoms with van der Waals surface area (Å²) in [4.78, 5) is 12.3. The standard InChI is InChI=1S/C17H18N4O4S/c22-16-10-26(24,25)9-14(16)18-17(23)13-7-12(19-20-13)8-21-6-5-11-3-1-2-4-15(11)21/h1-7,14,16,22H,8-10H2,(H,18,23)(H,19,20)/t14-,16-/m1/s1. The molecular weight excluding hydrogens is 356 g/mol. The van der Waals surface area contributed by atoms with Crippen molar-refractivity contribution in [3.05, 3.63) is 54.0 Å². The Hall–Kier alpha value is -2.65. The first kappa shape index (κ1) is 16.8. The summed E-state index contributed by atoms with van der Waals surface area (Å²) in [6.07, 6.45) is 0.874. The van der Waals surface area contributed by atoms with E-state index in [0.717, 1.165) is 16.6 Å². The van der Waals surface area contributed by atoms with Crippen molar-refractivity contribution >= 4 is 26.6 Å². The van der Waals surface area contributed by atoms with Crippen LogP contribution in [0.15, 0.2) is 42.6 Å². The highest BCUT2D eigenvalue weighted by Crippen LogP contribution is 2.17. The van der Waals surface area contributed by atoms with Crippen LogP contribution in [0, 0.1) is 0 Å². The van der Waals surface area contributed by atoms with Crippen LogP contribution in [0.3, 0.4) is 0 Å². The number of nitrogens with zero attached hydrogens (tertiary/aromatic N) is 2. The van der Waals surface area contributed by atoms with Crippen molar-refractivity contribution in [1.82, 2.24) is 20.1 Å². The molecule has 9 heteroatoms. The first-order valence-corrected chi connectivity index (χ1v) is 10.0. The highest BCUT2D eigenvalue weighted by atomic mass is 32.2. The normalized spacial score (nSPS) is 21.9. The molecule has 0 spiro atoms. The van der Waals surface area contributed by atoms with Gasteiger partial charge in [0.15, 0.2) is 9.84 Å². The number of H-pyrrole nitrogens is 1. The van der Waals surface area contributed by atoms with Crippen LogP contribution >= 0.6 is 0 Å². The third-order valence-corrected chi connectivity index (χ3v) is 6.24. The lowest BCUT2D eigenvalue weighted by Gasteiger charge is -2.13. The van der Waals surface area contributed by atoms with Gasteiger partial charge in [0.1, 0.15) is 5.69 Å². The zero-order valence-electron chi connectivity index (χ0n) is 13.8. The van der Waals surface area contributed by atoms with Gasteiger partial charge in [-0.25, -0.2) is 8.42 Å². The molecule has 0 aliphatic carbocycles. The van der Waals surface area contributed by atoms with E-state index in [1.165, 1.54) is 0 Å². The summed E-state index contributed by atoms with van der Waals surface area (Å²) >= 11 is 0. The zero-order valence-corrected chi connectivity index (χ0v) is 14.6. The first-order chi connectivity index (χ1) is 12.4. The molecule has 1 aliphatic heterocycles. The van der Waals surface area contributed by atoms with E-state index in [2.05, 4.69) is 15.5 Å². The molecule has 1 fully saturated rings. The van der Waals surface area contributed by atoms with E-state index in [1.807, 2.05) is 41.1 Å². The van der Waals surface area contributed by atoms with Crippen LogP contribution in [-0.4, -0.2) is 57.8 Å². The summed E-state index contributed by atoms with van der Waals surface area (Å²) in [5.74, 6) is -1.09. The summed E-state index contributed by atoms with van der Waals surface area (Å²) in [6, 6.07) is 10.8. The smallest absolute Gasteiger partial charge is 0.272 e. The number of sulfone groups is 1. The fourth-order valence-corrected chi connectivity index (χ4v) is 4.97. The maximum absolute atomic E-state index is 12.3. The number of carbonyl (C=O) groups excluding carboxylic acids is 1. The minimum atomic E-state index is -3.32. The van der Waals surface area contributed by atoms with E-state index in [1.54, 1.807) is 6.07 Å². The van der Waals surface area contributed by atoms with Crippen LogP contribution in [0.2, 0.25) is 0 Å². The Morgan fingerprint density at radius 3 is 2.88 bits per heavy atom. The number of aliphatic hydroxyl groups excluding tert-OH is 1. The lowest BCUT2D eigenvalue weighted by molar-refractivity contribution is 0.0884. The van der Waals surface area contributed by atoms with Crippen LogP contribution in [-0.2, 0) is 16.4 Å². The van der Waals surface area contributed by atoms with Gasteiger partial charge in [0.2, 0.25) is 0 Å². The van der Waals surface area contributed by atoms with E-state index in [9.17, 15) is 18.3 Å². The molecule has 136 valence electrons. The minimum absolute atomic E-state index is 0.160. The van der Waals surface area contributed by atoms with Gasteiger partial charge in [0.05, 0.1) is 35.9 Å². The van der Waals surface area contributed by atoms with Crippen molar-refractivity contribution in [3.8, 4) is 0 Å². The molecule has 0 radical (unpaired) electrons. The van der Waals surface area contributed by atoms with Gasteiger partial charge in [-0.05, 0) is 23.6 Å². The van der Waals surface area contributed by atoms with Crippen LogP contribution in [0.1, 0.15) is 16.2 Å². The van der Waals surface area contributed by atoms with Crippen molar-refractivity contribution in [2.24, 2.45) is 0 Å². The molecule has 2 atom stereocenters. The number of amides is 1. The van der Waals surface area contributed by atoms with Gasteiger partial charge < -0.3 is 15.0 Å². The van der Waals surface area contributed by atoms with Crippen molar-refractivity contribution in [2.75, 3.05) is 11.5 Å². The Bertz CT molecular complexity index is 1070. The predicted molar refractivity (Wildman–Crippen MR) is 95.5 cm³/mol. The van der Waals surface area contributed by atoms with Gasteiger partial charge in [-0.3, -0.25) is 9.89 Å². The average Bonchev–Trinajstić information content (AvgIpc) is 3.27. The number of hydrogen-bond acceptors (Lipinski definition) is 5. The van der Waals surface area contributed by atoms with Crippen LogP contribution in [0.25, 0.3) is 10.9 Å². The number of para-hydroxylation sites is 1. The lowest BCUT2D eigenvalue weighted by atomic mass is 10.2. The molecule has 4 rings (SSSR count). The number of rotatable bonds is 4. The predicted octanol–water partition coefficient (Wildman–Crippen LogP) is 0.300. The molecule has 26 heavy (non-hydrogen) atoms. The summed E-state index contributed by atoms with van der Waals surface area (Å²) in [7, 11) is -3.32. The van der Waals surface area contributed by atoms with Crippen molar-refractivity contribution in [2.45, 2.75) is 18.7 Å². The maximum Gasteiger partial charge on any atom is 0.272 e. The molecule has 1 saturated heterocycles. The molecule has 0 unspecified atom stereocenters. The van der Waals surface area contributed by atoms with Crippen molar-refractivity contribution in [1.29, 1.82) is 0 Å². The second-order valence-electron chi connectivity index (χ2n) is 6.51. The van der Waals surface area contributed by atoms with Gasteiger partial charge in [-0.2, -0.15) is 5.10 Å². The number of hydrogen-bond donors (Lipinski definition) is 3. The molecule has 0 saturated carbocycles. The maximum atomic E-state index is 12.3. The van der Waals surface area contributed by atoms with Gasteiger partial charge in [0, 0.05) is 11.7 Å². The first-order valence-electron chi connectivity index (χ1n) is 8.19. The number of aromatic nitrogens is 3. The lowest BCUT2D eigenvalue weighted by Crippen LogP contribution is -2.42. The van der Waals surface area contributed by atoms with E-state index in [0.29, 0.717) is 6.54 Å². The molecule has 8 nitrogen and oxygen atoms in total. The van der Waals surface area contributed by atoms with E-state index in [4.69, 9.17) is 0 Å². The van der Waals surface area contributed by atoms with E-state index >= 15 is 0 Å². The number of nitrogens with one attached hydrogen (secondary N) is 2. The molecule has 1 aliphatic rings. The Balaban J connectivity index is 1.47. The summed E-state index contributed by atoms with van der Waals surface area (Å²) in [6.45, 7) is 0.522. The molecular formula is C17H18N4O4S. The zero-order chi connectivity index (χ0) is 18.3. The topological polar surface area (TPSA) is 117 Å². The second kappa shape index (κ2) is 6.26. The summed E-state index contributed by atoms with van der Waals surface area (Å²) in [5.41, 5.74) is 1.98. The number of benzene rings is 1. The van der Waals surface area contributed by atoms with Gasteiger partial charge in [-0.1, -0.05) is 18.2 Å². The quantitative estimate of drug-likeness (QED) is 0.607. The Labute approximate surface area is 149 Å². The number of aliphatic hydroxyl groups is 1. The van der Waals surface area contributed by atoms with Gasteiger partial charge >= 0.3 is 0 Å². The number of aromatic amines is 1. The molecule has 3 N–H and O–H groups in total. The van der Waals surface area contributed by atoms with Crippen LogP contribution < -0.4 is 5.32 Å². The Kier molecular flexibility index (Phi) is 4.04. The Morgan fingerprint density at radius 1 is 1.31 bits per heavy atom. The van der Waals surface area contributed by atoms with Crippen molar-refractivity contribution in [3.63, 3.8) is 0 Å². The van der Waals surface area contributed by atoms with Crippen LogP contribution in [0.5, 0.6) is 0 Å². The fourth-order valence-electron chi connectivity index (χ4n) is 3.23.